The second-order valence-corrected chi connectivity index (χ2v) is 7.03. The van der Waals surface area contributed by atoms with Gasteiger partial charge in [-0.05, 0) is 23.8 Å². The smallest absolute Gasteiger partial charge is 0.271 e. The van der Waals surface area contributed by atoms with Gasteiger partial charge in [-0.2, -0.15) is 0 Å². The molecular weight excluding hydrogens is 422 g/mol. The number of amides is 2. The van der Waals surface area contributed by atoms with E-state index in [1.165, 1.54) is 0 Å². The van der Waals surface area contributed by atoms with E-state index in [0.29, 0.717) is 5.56 Å². The van der Waals surface area contributed by atoms with Crippen molar-refractivity contribution in [2.45, 2.75) is 12.5 Å². The van der Waals surface area contributed by atoms with E-state index in [1.54, 1.807) is 54.6 Å². The van der Waals surface area contributed by atoms with E-state index < -0.39 is 22.8 Å². The van der Waals surface area contributed by atoms with E-state index in [1.807, 2.05) is 0 Å². The highest BCUT2D eigenvalue weighted by Crippen LogP contribution is 2.29. The number of hydrogen-bond acceptors (Lipinski definition) is 5. The van der Waals surface area contributed by atoms with Crippen molar-refractivity contribution in [1.82, 2.24) is 5.32 Å². The average molecular weight is 440 g/mol. The van der Waals surface area contributed by atoms with Crippen LogP contribution in [0, 0.1) is 10.1 Å². The number of anilines is 1. The highest BCUT2D eigenvalue weighted by atomic mass is 35.5. The van der Waals surface area contributed by atoms with Crippen molar-refractivity contribution in [2.24, 2.45) is 0 Å². The molecule has 3 aromatic carbocycles. The molecule has 0 aliphatic heterocycles. The van der Waals surface area contributed by atoms with E-state index in [2.05, 4.69) is 10.6 Å². The molecule has 0 aliphatic carbocycles. The van der Waals surface area contributed by atoms with Crippen LogP contribution in [-0.2, 0) is 4.79 Å². The molecule has 3 rings (SSSR count). The fourth-order valence-electron chi connectivity index (χ4n) is 2.94. The fraction of sp³-hybridized carbons (Fsp3) is 0.0909. The van der Waals surface area contributed by atoms with Crippen LogP contribution in [-0.4, -0.2) is 21.8 Å². The summed E-state index contributed by atoms with van der Waals surface area (Å²) in [5.41, 5.74) is 0.575. The second kappa shape index (κ2) is 9.73. The summed E-state index contributed by atoms with van der Waals surface area (Å²) < 4.78 is 0. The predicted molar refractivity (Wildman–Crippen MR) is 116 cm³/mol. The number of hydrogen-bond donors (Lipinski definition) is 3. The maximum atomic E-state index is 12.7. The summed E-state index contributed by atoms with van der Waals surface area (Å²) in [6.07, 6.45) is -0.178. The monoisotopic (exact) mass is 439 g/mol. The summed E-state index contributed by atoms with van der Waals surface area (Å²) in [6, 6.07) is 18.0. The van der Waals surface area contributed by atoms with Crippen LogP contribution in [0.2, 0.25) is 5.02 Å². The van der Waals surface area contributed by atoms with Crippen LogP contribution < -0.4 is 10.6 Å². The molecule has 3 N–H and O–H groups in total. The SMILES string of the molecule is O=C(CC(NC(=O)c1ccccc1Cl)c1ccccc1)Nc1cc([N+](=O)[O-])ccc1O. The van der Waals surface area contributed by atoms with Crippen molar-refractivity contribution in [3.05, 3.63) is 99.1 Å². The molecule has 0 saturated carbocycles. The van der Waals surface area contributed by atoms with Gasteiger partial charge in [0.1, 0.15) is 5.75 Å². The Hall–Kier alpha value is -3.91. The average Bonchev–Trinajstić information content (AvgIpc) is 2.75. The highest BCUT2D eigenvalue weighted by molar-refractivity contribution is 6.33. The minimum Gasteiger partial charge on any atom is -0.506 e. The molecule has 0 heterocycles. The van der Waals surface area contributed by atoms with Gasteiger partial charge in [0.05, 0.1) is 33.7 Å². The number of nitrogens with one attached hydrogen (secondary N) is 2. The Kier molecular flexibility index (Phi) is 6.84. The molecule has 9 heteroatoms. The van der Waals surface area contributed by atoms with Gasteiger partial charge in [-0.3, -0.25) is 19.7 Å². The molecule has 0 spiro atoms. The van der Waals surface area contributed by atoms with Crippen LogP contribution in [0.1, 0.15) is 28.4 Å². The molecule has 3 aromatic rings. The summed E-state index contributed by atoms with van der Waals surface area (Å²) in [5.74, 6) is -1.31. The van der Waals surface area contributed by atoms with Crippen molar-refractivity contribution >= 4 is 34.8 Å². The highest BCUT2D eigenvalue weighted by Gasteiger charge is 2.21. The number of benzene rings is 3. The largest absolute Gasteiger partial charge is 0.506 e. The number of phenolic OH excluding ortho intramolecular Hbond substituents is 1. The second-order valence-electron chi connectivity index (χ2n) is 6.63. The van der Waals surface area contributed by atoms with Crippen LogP contribution >= 0.6 is 11.6 Å². The summed E-state index contributed by atoms with van der Waals surface area (Å²) in [5, 5.41) is 26.4. The summed E-state index contributed by atoms with van der Waals surface area (Å²) in [7, 11) is 0. The molecular formula is C22H18ClN3O5. The minimum absolute atomic E-state index is 0.0940. The summed E-state index contributed by atoms with van der Waals surface area (Å²) >= 11 is 6.10. The molecule has 0 fully saturated rings. The zero-order valence-electron chi connectivity index (χ0n) is 16.1. The Morgan fingerprint density at radius 3 is 2.39 bits per heavy atom. The van der Waals surface area contributed by atoms with E-state index >= 15 is 0 Å². The third-order valence-electron chi connectivity index (χ3n) is 4.48. The first-order valence-corrected chi connectivity index (χ1v) is 9.60. The standard InChI is InChI=1S/C22H18ClN3O5/c23-17-9-5-4-8-16(17)22(29)25-18(14-6-2-1-3-7-14)13-21(28)24-19-12-15(26(30)31)10-11-20(19)27/h1-12,18,27H,13H2,(H,24,28)(H,25,29). The number of phenols is 1. The molecule has 1 atom stereocenters. The number of carbonyl (C=O) groups is 2. The molecule has 1 unspecified atom stereocenters. The maximum Gasteiger partial charge on any atom is 0.271 e. The number of nitrogens with zero attached hydrogens (tertiary/aromatic N) is 1. The van der Waals surface area contributed by atoms with Crippen LogP contribution in [0.5, 0.6) is 5.75 Å². The van der Waals surface area contributed by atoms with E-state index in [9.17, 15) is 24.8 Å². The topological polar surface area (TPSA) is 122 Å². The number of non-ortho nitro benzene ring substituents is 1. The first kappa shape index (κ1) is 21.8. The van der Waals surface area contributed by atoms with E-state index in [0.717, 1.165) is 18.2 Å². The number of aromatic hydroxyl groups is 1. The molecule has 31 heavy (non-hydrogen) atoms. The van der Waals surface area contributed by atoms with Crippen LogP contribution in [0.15, 0.2) is 72.8 Å². The van der Waals surface area contributed by atoms with Gasteiger partial charge >= 0.3 is 0 Å². The Bertz CT molecular complexity index is 1120. The van der Waals surface area contributed by atoms with Gasteiger partial charge < -0.3 is 15.7 Å². The van der Waals surface area contributed by atoms with Crippen molar-refractivity contribution < 1.29 is 19.6 Å². The predicted octanol–water partition coefficient (Wildman–Crippen LogP) is 4.45. The van der Waals surface area contributed by atoms with Crippen molar-refractivity contribution in [2.75, 3.05) is 5.32 Å². The van der Waals surface area contributed by atoms with Crippen molar-refractivity contribution in [1.29, 1.82) is 0 Å². The van der Waals surface area contributed by atoms with Gasteiger partial charge in [-0.25, -0.2) is 0 Å². The molecule has 0 bridgehead atoms. The Morgan fingerprint density at radius 1 is 1.03 bits per heavy atom. The van der Waals surface area contributed by atoms with Crippen molar-refractivity contribution in [3.8, 4) is 5.75 Å². The summed E-state index contributed by atoms with van der Waals surface area (Å²) in [6.45, 7) is 0. The lowest BCUT2D eigenvalue weighted by atomic mass is 10.0. The van der Waals surface area contributed by atoms with Gasteiger partial charge in [0.2, 0.25) is 5.91 Å². The van der Waals surface area contributed by atoms with Crippen molar-refractivity contribution in [3.63, 3.8) is 0 Å². The minimum atomic E-state index is -0.703. The normalized spacial score (nSPS) is 11.4. The third kappa shape index (κ3) is 5.58. The van der Waals surface area contributed by atoms with Crippen LogP contribution in [0.3, 0.4) is 0 Å². The lowest BCUT2D eigenvalue weighted by Gasteiger charge is -2.19. The number of halogens is 1. The first-order valence-electron chi connectivity index (χ1n) is 9.22. The van der Waals surface area contributed by atoms with Crippen LogP contribution in [0.25, 0.3) is 0 Å². The van der Waals surface area contributed by atoms with Crippen LogP contribution in [0.4, 0.5) is 11.4 Å². The summed E-state index contributed by atoms with van der Waals surface area (Å²) in [4.78, 5) is 35.7. The van der Waals surface area contributed by atoms with Gasteiger partial charge in [0.25, 0.3) is 11.6 Å². The fourth-order valence-corrected chi connectivity index (χ4v) is 3.16. The lowest BCUT2D eigenvalue weighted by Crippen LogP contribution is -2.31. The molecule has 0 aromatic heterocycles. The number of carbonyl (C=O) groups excluding carboxylic acids is 2. The van der Waals surface area contributed by atoms with Gasteiger partial charge in [-0.1, -0.05) is 54.1 Å². The lowest BCUT2D eigenvalue weighted by molar-refractivity contribution is -0.384. The molecule has 8 nitrogen and oxygen atoms in total. The third-order valence-corrected chi connectivity index (χ3v) is 4.81. The van der Waals surface area contributed by atoms with E-state index in [4.69, 9.17) is 11.6 Å². The van der Waals surface area contributed by atoms with Gasteiger partial charge in [0.15, 0.2) is 0 Å². The zero-order chi connectivity index (χ0) is 22.4. The number of nitro groups is 1. The molecule has 0 radical (unpaired) electrons. The zero-order valence-corrected chi connectivity index (χ0v) is 16.9. The molecule has 2 amide bonds. The molecule has 158 valence electrons. The number of nitro benzene ring substituents is 1. The van der Waals surface area contributed by atoms with Gasteiger partial charge in [-0.15, -0.1) is 0 Å². The maximum absolute atomic E-state index is 12.7. The Balaban J connectivity index is 1.80. The quantitative estimate of drug-likeness (QED) is 0.285. The Morgan fingerprint density at radius 2 is 1.71 bits per heavy atom. The first-order chi connectivity index (χ1) is 14.8. The number of rotatable bonds is 7. The van der Waals surface area contributed by atoms with E-state index in [-0.39, 0.29) is 34.1 Å². The van der Waals surface area contributed by atoms with Gasteiger partial charge in [0, 0.05) is 12.1 Å². The molecule has 0 aliphatic rings. The molecule has 0 saturated heterocycles. The Labute approximate surface area is 182 Å².